The molecule has 20 heavy (non-hydrogen) atoms. The quantitative estimate of drug-likeness (QED) is 0.841. The van der Waals surface area contributed by atoms with Crippen LogP contribution in [0.5, 0.6) is 0 Å². The van der Waals surface area contributed by atoms with Crippen molar-refractivity contribution in [1.29, 1.82) is 0 Å². The standard InChI is InChI=1S/C13H18N4O2S/c1-3-17(8-11-6-4-5-7-12(11)14)20(18,19)13-9-16(2)10-15-13/h4-7,9-10H,3,8,14H2,1-2H3. The first kappa shape index (κ1) is 14.5. The van der Waals surface area contributed by atoms with Crippen LogP contribution in [0.25, 0.3) is 0 Å². The van der Waals surface area contributed by atoms with Crippen LogP contribution in [-0.4, -0.2) is 28.8 Å². The molecule has 7 heteroatoms. The number of sulfonamides is 1. The van der Waals surface area contributed by atoms with E-state index in [-0.39, 0.29) is 11.6 Å². The van der Waals surface area contributed by atoms with Crippen molar-refractivity contribution in [2.45, 2.75) is 18.5 Å². The van der Waals surface area contributed by atoms with Crippen LogP contribution in [0.4, 0.5) is 5.69 Å². The topological polar surface area (TPSA) is 81.2 Å². The molecule has 0 aliphatic carbocycles. The summed E-state index contributed by atoms with van der Waals surface area (Å²) in [7, 11) is -1.87. The van der Waals surface area contributed by atoms with Crippen molar-refractivity contribution in [3.63, 3.8) is 0 Å². The molecule has 108 valence electrons. The lowest BCUT2D eigenvalue weighted by Gasteiger charge is -2.20. The van der Waals surface area contributed by atoms with Gasteiger partial charge in [0.05, 0.1) is 6.33 Å². The van der Waals surface area contributed by atoms with E-state index in [2.05, 4.69) is 4.98 Å². The van der Waals surface area contributed by atoms with Crippen LogP contribution in [0.3, 0.4) is 0 Å². The second kappa shape index (κ2) is 5.64. The monoisotopic (exact) mass is 294 g/mol. The number of para-hydroxylation sites is 1. The summed E-state index contributed by atoms with van der Waals surface area (Å²) in [5.41, 5.74) is 7.24. The van der Waals surface area contributed by atoms with E-state index in [0.29, 0.717) is 12.2 Å². The summed E-state index contributed by atoms with van der Waals surface area (Å²) in [5.74, 6) is 0. The van der Waals surface area contributed by atoms with Crippen molar-refractivity contribution in [3.8, 4) is 0 Å². The van der Waals surface area contributed by atoms with Crippen molar-refractivity contribution in [2.24, 2.45) is 7.05 Å². The molecular formula is C13H18N4O2S. The van der Waals surface area contributed by atoms with E-state index in [9.17, 15) is 8.42 Å². The van der Waals surface area contributed by atoms with E-state index in [1.54, 1.807) is 24.6 Å². The maximum Gasteiger partial charge on any atom is 0.262 e. The van der Waals surface area contributed by atoms with Crippen LogP contribution < -0.4 is 5.73 Å². The fourth-order valence-electron chi connectivity index (χ4n) is 1.89. The fraction of sp³-hybridized carbons (Fsp3) is 0.308. The highest BCUT2D eigenvalue weighted by Gasteiger charge is 2.25. The SMILES string of the molecule is CCN(Cc1ccccc1N)S(=O)(=O)c1cn(C)cn1. The van der Waals surface area contributed by atoms with Crippen LogP contribution in [0, 0.1) is 0 Å². The van der Waals surface area contributed by atoms with Gasteiger partial charge >= 0.3 is 0 Å². The lowest BCUT2D eigenvalue weighted by molar-refractivity contribution is 0.422. The fourth-order valence-corrected chi connectivity index (χ4v) is 3.28. The Kier molecular flexibility index (Phi) is 4.10. The molecule has 0 spiro atoms. The number of rotatable bonds is 5. The molecule has 0 saturated heterocycles. The lowest BCUT2D eigenvalue weighted by Crippen LogP contribution is -2.31. The molecule has 0 atom stereocenters. The van der Waals surface area contributed by atoms with Gasteiger partial charge in [-0.1, -0.05) is 25.1 Å². The molecule has 0 unspecified atom stereocenters. The summed E-state index contributed by atoms with van der Waals surface area (Å²) in [6.45, 7) is 2.38. The zero-order chi connectivity index (χ0) is 14.8. The number of aryl methyl sites for hydroxylation is 1. The van der Waals surface area contributed by atoms with Crippen molar-refractivity contribution in [2.75, 3.05) is 12.3 Å². The van der Waals surface area contributed by atoms with Gasteiger partial charge in [0.1, 0.15) is 0 Å². The largest absolute Gasteiger partial charge is 0.398 e. The number of aromatic nitrogens is 2. The zero-order valence-corrected chi connectivity index (χ0v) is 12.3. The molecule has 0 fully saturated rings. The predicted octanol–water partition coefficient (Wildman–Crippen LogP) is 1.21. The Labute approximate surface area is 118 Å². The molecule has 0 aliphatic rings. The van der Waals surface area contributed by atoms with Crippen LogP contribution >= 0.6 is 0 Å². The van der Waals surface area contributed by atoms with Gasteiger partial charge in [0.25, 0.3) is 10.0 Å². The van der Waals surface area contributed by atoms with Gasteiger partial charge in [0, 0.05) is 32.0 Å². The molecule has 0 saturated carbocycles. The van der Waals surface area contributed by atoms with Crippen molar-refractivity contribution >= 4 is 15.7 Å². The molecule has 2 aromatic rings. The number of anilines is 1. The average Bonchev–Trinajstić information content (AvgIpc) is 2.85. The summed E-state index contributed by atoms with van der Waals surface area (Å²) < 4.78 is 28.0. The molecule has 1 aromatic heterocycles. The average molecular weight is 294 g/mol. The smallest absolute Gasteiger partial charge is 0.262 e. The van der Waals surface area contributed by atoms with Gasteiger partial charge in [0.2, 0.25) is 0 Å². The maximum absolute atomic E-state index is 12.5. The second-order valence-corrected chi connectivity index (χ2v) is 6.39. The van der Waals surface area contributed by atoms with Crippen molar-refractivity contribution in [3.05, 3.63) is 42.4 Å². The Balaban J connectivity index is 2.31. The first-order valence-electron chi connectivity index (χ1n) is 6.26. The Morgan fingerprint density at radius 3 is 2.60 bits per heavy atom. The van der Waals surface area contributed by atoms with E-state index in [4.69, 9.17) is 5.73 Å². The molecule has 2 rings (SSSR count). The highest BCUT2D eigenvalue weighted by molar-refractivity contribution is 7.89. The normalized spacial score (nSPS) is 11.9. The van der Waals surface area contributed by atoms with Gasteiger partial charge < -0.3 is 10.3 Å². The molecule has 0 bridgehead atoms. The number of benzene rings is 1. The van der Waals surface area contributed by atoms with Crippen molar-refractivity contribution < 1.29 is 8.42 Å². The van der Waals surface area contributed by atoms with E-state index in [1.807, 2.05) is 18.2 Å². The third-order valence-electron chi connectivity index (χ3n) is 3.04. The maximum atomic E-state index is 12.5. The first-order valence-corrected chi connectivity index (χ1v) is 7.70. The third-order valence-corrected chi connectivity index (χ3v) is 4.85. The molecule has 1 heterocycles. The first-order chi connectivity index (χ1) is 9.45. The van der Waals surface area contributed by atoms with Crippen LogP contribution in [-0.2, 0) is 23.6 Å². The van der Waals surface area contributed by atoms with Crippen molar-refractivity contribution in [1.82, 2.24) is 13.9 Å². The Morgan fingerprint density at radius 1 is 1.35 bits per heavy atom. The second-order valence-electron chi connectivity index (χ2n) is 4.51. The number of hydrogen-bond acceptors (Lipinski definition) is 4. The Morgan fingerprint density at radius 2 is 2.05 bits per heavy atom. The lowest BCUT2D eigenvalue weighted by atomic mass is 10.2. The van der Waals surface area contributed by atoms with Crippen LogP contribution in [0.2, 0.25) is 0 Å². The molecule has 6 nitrogen and oxygen atoms in total. The third kappa shape index (κ3) is 2.83. The summed E-state index contributed by atoms with van der Waals surface area (Å²) in [6.07, 6.45) is 2.96. The summed E-state index contributed by atoms with van der Waals surface area (Å²) >= 11 is 0. The summed E-state index contributed by atoms with van der Waals surface area (Å²) in [6, 6.07) is 7.25. The highest BCUT2D eigenvalue weighted by atomic mass is 32.2. The number of nitrogen functional groups attached to an aromatic ring is 1. The van der Waals surface area contributed by atoms with Gasteiger partial charge in [-0.15, -0.1) is 0 Å². The Hall–Kier alpha value is -1.86. The van der Waals surface area contributed by atoms with Crippen LogP contribution in [0.1, 0.15) is 12.5 Å². The molecule has 1 aromatic carbocycles. The minimum atomic E-state index is -3.60. The Bertz CT molecular complexity index is 694. The van der Waals surface area contributed by atoms with E-state index in [0.717, 1.165) is 5.56 Å². The molecule has 0 aliphatic heterocycles. The highest BCUT2D eigenvalue weighted by Crippen LogP contribution is 2.19. The van der Waals surface area contributed by atoms with Gasteiger partial charge in [-0.25, -0.2) is 13.4 Å². The number of imidazole rings is 1. The van der Waals surface area contributed by atoms with Gasteiger partial charge in [-0.05, 0) is 11.6 Å². The number of nitrogens with zero attached hydrogens (tertiary/aromatic N) is 3. The summed E-state index contributed by atoms with van der Waals surface area (Å²) in [5, 5.41) is 0.0522. The minimum absolute atomic E-state index is 0.0522. The van der Waals surface area contributed by atoms with E-state index in [1.165, 1.54) is 16.8 Å². The number of nitrogens with two attached hydrogens (primary N) is 1. The molecular weight excluding hydrogens is 276 g/mol. The van der Waals surface area contributed by atoms with Crippen LogP contribution in [0.15, 0.2) is 41.8 Å². The van der Waals surface area contributed by atoms with Gasteiger partial charge in [0.15, 0.2) is 5.03 Å². The molecule has 0 amide bonds. The number of hydrogen-bond donors (Lipinski definition) is 1. The van der Waals surface area contributed by atoms with E-state index < -0.39 is 10.0 Å². The van der Waals surface area contributed by atoms with E-state index >= 15 is 0 Å². The predicted molar refractivity (Wildman–Crippen MR) is 77.3 cm³/mol. The zero-order valence-electron chi connectivity index (χ0n) is 11.5. The van der Waals surface area contributed by atoms with Gasteiger partial charge in [-0.3, -0.25) is 0 Å². The molecule has 0 radical (unpaired) electrons. The summed E-state index contributed by atoms with van der Waals surface area (Å²) in [4.78, 5) is 3.92. The van der Waals surface area contributed by atoms with Gasteiger partial charge in [-0.2, -0.15) is 4.31 Å². The minimum Gasteiger partial charge on any atom is -0.398 e. The molecule has 2 N–H and O–H groups in total.